The first-order chi connectivity index (χ1) is 8.69. The Balaban J connectivity index is 2.75. The normalized spacial score (nSPS) is 10.8. The number of benzene rings is 1. The van der Waals surface area contributed by atoms with Crippen LogP contribution in [0.4, 0.5) is 28.4 Å². The van der Waals surface area contributed by atoms with E-state index in [0.29, 0.717) is 0 Å². The summed E-state index contributed by atoms with van der Waals surface area (Å²) >= 11 is 4.85. The van der Waals surface area contributed by atoms with Crippen molar-refractivity contribution >= 4 is 28.8 Å². The smallest absolute Gasteiger partial charge is 0.406 e. The number of anilines is 1. The number of nitrogens with zero attached hydrogens (tertiary/aromatic N) is 1. The van der Waals surface area contributed by atoms with Gasteiger partial charge in [-0.1, -0.05) is 0 Å². The number of hydrogen-bond donors (Lipinski definition) is 0. The van der Waals surface area contributed by atoms with Gasteiger partial charge in [0, 0.05) is 24.3 Å². The molecule has 1 amide bonds. The Morgan fingerprint density at radius 3 is 2.16 bits per heavy atom. The van der Waals surface area contributed by atoms with Crippen molar-refractivity contribution in [2.75, 3.05) is 11.9 Å². The summed E-state index contributed by atoms with van der Waals surface area (Å²) in [4.78, 5) is 22.5. The summed E-state index contributed by atoms with van der Waals surface area (Å²) in [5.41, 5.74) is -1.12. The third kappa shape index (κ3) is 5.04. The predicted molar refractivity (Wildman–Crippen MR) is 59.3 cm³/mol. The fourth-order valence-corrected chi connectivity index (χ4v) is 1.18. The first-order valence-electron chi connectivity index (χ1n) is 4.70. The molecule has 19 heavy (non-hydrogen) atoms. The third-order valence-electron chi connectivity index (χ3n) is 1.90. The van der Waals surface area contributed by atoms with Crippen LogP contribution in [0.25, 0.3) is 0 Å². The van der Waals surface area contributed by atoms with E-state index in [1.54, 1.807) is 0 Å². The van der Waals surface area contributed by atoms with Crippen molar-refractivity contribution in [2.24, 2.45) is 0 Å². The van der Waals surface area contributed by atoms with Crippen molar-refractivity contribution in [2.45, 2.75) is 6.36 Å². The lowest BCUT2D eigenvalue weighted by Crippen LogP contribution is -2.27. The summed E-state index contributed by atoms with van der Waals surface area (Å²) in [6.07, 6.45) is -5.86. The maximum atomic E-state index is 11.9. The van der Waals surface area contributed by atoms with E-state index in [4.69, 9.17) is 11.6 Å². The zero-order chi connectivity index (χ0) is 14.6. The van der Waals surface area contributed by atoms with Gasteiger partial charge >= 0.3 is 17.9 Å². The van der Waals surface area contributed by atoms with Crippen LogP contribution in [0.15, 0.2) is 24.3 Å². The molecule has 0 fully saturated rings. The molecule has 1 rings (SSSR count). The number of carbonyl (C=O) groups excluding carboxylic acids is 2. The number of carbonyl (C=O) groups is 2. The fourth-order valence-electron chi connectivity index (χ4n) is 1.11. The molecule has 0 unspecified atom stereocenters. The highest BCUT2D eigenvalue weighted by molar-refractivity contribution is 6.62. The SMILES string of the molecule is CN(C(=O)OC(=O)Cl)c1ccc(OC(F)(F)F)cc1. The molecule has 0 bridgehead atoms. The van der Waals surface area contributed by atoms with Crippen molar-refractivity contribution in [3.05, 3.63) is 24.3 Å². The fraction of sp³-hybridized carbons (Fsp3) is 0.200. The van der Waals surface area contributed by atoms with Gasteiger partial charge in [-0.15, -0.1) is 13.2 Å². The van der Waals surface area contributed by atoms with Crippen LogP contribution in [0.3, 0.4) is 0 Å². The quantitative estimate of drug-likeness (QED) is 0.619. The first kappa shape index (κ1) is 15.1. The standard InChI is InChI=1S/C10H7ClF3NO4/c1-15(9(17)18-8(11)16)6-2-4-7(5-3-6)19-10(12,13)14/h2-5H,1H3. The number of alkyl halides is 3. The molecule has 1 aromatic carbocycles. The molecule has 0 radical (unpaired) electrons. The maximum Gasteiger partial charge on any atom is 0.573 e. The zero-order valence-electron chi connectivity index (χ0n) is 9.40. The Hall–Kier alpha value is -1.96. The molecule has 9 heteroatoms. The van der Waals surface area contributed by atoms with Gasteiger partial charge < -0.3 is 9.47 Å². The molecule has 1 aromatic rings. The van der Waals surface area contributed by atoms with Gasteiger partial charge in [-0.25, -0.2) is 9.59 Å². The Bertz CT molecular complexity index is 475. The molecule has 0 N–H and O–H groups in total. The van der Waals surface area contributed by atoms with Crippen molar-refractivity contribution < 1.29 is 32.2 Å². The van der Waals surface area contributed by atoms with Crippen LogP contribution < -0.4 is 9.64 Å². The summed E-state index contributed by atoms with van der Waals surface area (Å²) in [5.74, 6) is -0.438. The van der Waals surface area contributed by atoms with Gasteiger partial charge in [0.25, 0.3) is 0 Å². The molecule has 5 nitrogen and oxygen atoms in total. The highest BCUT2D eigenvalue weighted by Crippen LogP contribution is 2.25. The van der Waals surface area contributed by atoms with Crippen molar-refractivity contribution in [1.82, 2.24) is 0 Å². The molecule has 0 heterocycles. The number of amides is 1. The van der Waals surface area contributed by atoms with Gasteiger partial charge in [-0.05, 0) is 24.3 Å². The molecule has 0 aromatic heterocycles. The lowest BCUT2D eigenvalue weighted by molar-refractivity contribution is -0.274. The molecule has 0 atom stereocenters. The van der Waals surface area contributed by atoms with Gasteiger partial charge in [0.15, 0.2) is 0 Å². The highest BCUT2D eigenvalue weighted by atomic mass is 35.5. The number of halogens is 4. The lowest BCUT2D eigenvalue weighted by Gasteiger charge is -2.16. The zero-order valence-corrected chi connectivity index (χ0v) is 10.2. The first-order valence-corrected chi connectivity index (χ1v) is 5.07. The Kier molecular flexibility index (Phi) is 4.60. The van der Waals surface area contributed by atoms with E-state index in [1.165, 1.54) is 19.2 Å². The van der Waals surface area contributed by atoms with E-state index in [-0.39, 0.29) is 5.69 Å². The van der Waals surface area contributed by atoms with E-state index in [9.17, 15) is 22.8 Å². The average molecular weight is 298 g/mol. The number of rotatable bonds is 2. The van der Waals surface area contributed by atoms with Crippen LogP contribution in [0.1, 0.15) is 0 Å². The number of ether oxygens (including phenoxy) is 2. The molecule has 0 aliphatic rings. The molecule has 104 valence electrons. The van der Waals surface area contributed by atoms with Crippen LogP contribution in [-0.4, -0.2) is 24.9 Å². The highest BCUT2D eigenvalue weighted by Gasteiger charge is 2.31. The molecule has 0 aliphatic heterocycles. The van der Waals surface area contributed by atoms with E-state index >= 15 is 0 Å². The van der Waals surface area contributed by atoms with Crippen molar-refractivity contribution in [1.29, 1.82) is 0 Å². The largest absolute Gasteiger partial charge is 0.573 e. The topological polar surface area (TPSA) is 55.8 Å². The van der Waals surface area contributed by atoms with Crippen LogP contribution in [0, 0.1) is 0 Å². The van der Waals surface area contributed by atoms with Crippen molar-refractivity contribution in [3.63, 3.8) is 0 Å². The monoisotopic (exact) mass is 297 g/mol. The third-order valence-corrected chi connectivity index (χ3v) is 1.98. The molecule has 0 saturated carbocycles. The van der Waals surface area contributed by atoms with Gasteiger partial charge in [-0.3, -0.25) is 4.90 Å². The summed E-state index contributed by atoms with van der Waals surface area (Å²) in [5, 5.41) is 0. The van der Waals surface area contributed by atoms with E-state index in [0.717, 1.165) is 17.0 Å². The van der Waals surface area contributed by atoms with Gasteiger partial charge in [0.2, 0.25) is 0 Å². The Morgan fingerprint density at radius 1 is 1.21 bits per heavy atom. The van der Waals surface area contributed by atoms with Crippen LogP contribution in [0.2, 0.25) is 0 Å². The average Bonchev–Trinajstić information content (AvgIpc) is 2.26. The second-order valence-corrected chi connectivity index (χ2v) is 3.51. The molecule has 0 spiro atoms. The molecule has 0 saturated heterocycles. The predicted octanol–water partition coefficient (Wildman–Crippen LogP) is 3.52. The van der Waals surface area contributed by atoms with E-state index in [1.807, 2.05) is 0 Å². The van der Waals surface area contributed by atoms with Crippen LogP contribution >= 0.6 is 11.6 Å². The summed E-state index contributed by atoms with van der Waals surface area (Å²) in [6.45, 7) is 0. The molecular formula is C10H7ClF3NO4. The van der Waals surface area contributed by atoms with Gasteiger partial charge in [-0.2, -0.15) is 0 Å². The van der Waals surface area contributed by atoms with Gasteiger partial charge in [0.1, 0.15) is 5.75 Å². The second kappa shape index (κ2) is 5.79. The van der Waals surface area contributed by atoms with E-state index < -0.39 is 23.6 Å². The van der Waals surface area contributed by atoms with E-state index in [2.05, 4.69) is 9.47 Å². The summed E-state index contributed by atoms with van der Waals surface area (Å²) in [7, 11) is 1.25. The summed E-state index contributed by atoms with van der Waals surface area (Å²) < 4.78 is 43.5. The van der Waals surface area contributed by atoms with Gasteiger partial charge in [0.05, 0.1) is 0 Å². The molecule has 0 aliphatic carbocycles. The second-order valence-electron chi connectivity index (χ2n) is 3.21. The van der Waals surface area contributed by atoms with Crippen LogP contribution in [-0.2, 0) is 4.74 Å². The minimum absolute atomic E-state index is 0.192. The lowest BCUT2D eigenvalue weighted by atomic mass is 10.3. The maximum absolute atomic E-state index is 11.9. The molecular weight excluding hydrogens is 291 g/mol. The van der Waals surface area contributed by atoms with Crippen LogP contribution in [0.5, 0.6) is 5.75 Å². The minimum Gasteiger partial charge on any atom is -0.406 e. The summed E-state index contributed by atoms with van der Waals surface area (Å²) in [6, 6.07) is 4.38. The Labute approximate surface area is 110 Å². The minimum atomic E-state index is -4.79. The number of hydrogen-bond acceptors (Lipinski definition) is 4. The Morgan fingerprint density at radius 2 is 1.74 bits per heavy atom. The van der Waals surface area contributed by atoms with Crippen molar-refractivity contribution in [3.8, 4) is 5.75 Å².